The van der Waals surface area contributed by atoms with Crippen LogP contribution < -0.4 is 24.8 Å². The van der Waals surface area contributed by atoms with Gasteiger partial charge in [-0.15, -0.1) is 0 Å². The lowest BCUT2D eigenvalue weighted by atomic mass is 9.85. The van der Waals surface area contributed by atoms with Crippen molar-refractivity contribution in [2.75, 3.05) is 33.2 Å². The highest BCUT2D eigenvalue weighted by atomic mass is 35.5. The molecule has 2 aromatic carbocycles. The number of carbonyl (C=O) groups is 1. The minimum Gasteiger partial charge on any atom is -0.493 e. The van der Waals surface area contributed by atoms with Gasteiger partial charge in [-0.3, -0.25) is 4.90 Å². The number of anilines is 1. The van der Waals surface area contributed by atoms with Gasteiger partial charge in [0.1, 0.15) is 0 Å². The fraction of sp³-hybridized carbons (Fsp3) is 0.536. The highest BCUT2D eigenvalue weighted by Gasteiger charge is 2.44. The van der Waals surface area contributed by atoms with Gasteiger partial charge in [0.2, 0.25) is 5.75 Å². The summed E-state index contributed by atoms with van der Waals surface area (Å²) in [5, 5.41) is 6.79. The number of carbonyl (C=O) groups excluding carboxylic acids is 1. The van der Waals surface area contributed by atoms with Gasteiger partial charge in [0.05, 0.1) is 27.0 Å². The summed E-state index contributed by atoms with van der Waals surface area (Å²) in [6.07, 6.45) is 4.74. The van der Waals surface area contributed by atoms with Crippen molar-refractivity contribution in [1.82, 2.24) is 10.2 Å². The van der Waals surface area contributed by atoms with E-state index in [2.05, 4.69) is 41.5 Å². The zero-order chi connectivity index (χ0) is 25.8. The molecule has 2 bridgehead atoms. The third-order valence-electron chi connectivity index (χ3n) is 7.60. The first-order valence-corrected chi connectivity index (χ1v) is 13.1. The van der Waals surface area contributed by atoms with E-state index in [0.29, 0.717) is 46.9 Å². The predicted molar refractivity (Wildman–Crippen MR) is 144 cm³/mol. The number of piperidine rings is 1. The van der Waals surface area contributed by atoms with Crippen molar-refractivity contribution >= 4 is 23.3 Å². The Hall–Kier alpha value is -2.64. The molecule has 0 aliphatic carbocycles. The number of amides is 2. The number of fused-ring (bicyclic) bond motifs is 2. The van der Waals surface area contributed by atoms with Crippen molar-refractivity contribution in [3.05, 3.63) is 47.0 Å². The highest BCUT2D eigenvalue weighted by molar-refractivity contribution is 6.30. The molecule has 4 unspecified atom stereocenters. The van der Waals surface area contributed by atoms with E-state index in [1.807, 2.05) is 12.1 Å². The van der Waals surface area contributed by atoms with Gasteiger partial charge in [-0.25, -0.2) is 4.79 Å². The largest absolute Gasteiger partial charge is 0.493 e. The van der Waals surface area contributed by atoms with Crippen LogP contribution in [0.2, 0.25) is 5.02 Å². The Labute approximate surface area is 219 Å². The molecule has 2 aromatic rings. The van der Waals surface area contributed by atoms with E-state index in [0.717, 1.165) is 18.0 Å². The molecule has 0 aromatic heterocycles. The smallest absolute Gasteiger partial charge is 0.319 e. The lowest BCUT2D eigenvalue weighted by Gasteiger charge is -2.41. The van der Waals surface area contributed by atoms with Gasteiger partial charge in [0, 0.05) is 41.8 Å². The first kappa shape index (κ1) is 26.4. The molecule has 2 amide bonds. The van der Waals surface area contributed by atoms with Crippen LogP contribution in [0.4, 0.5) is 10.5 Å². The number of hydrogen-bond acceptors (Lipinski definition) is 5. The maximum absolute atomic E-state index is 12.8. The molecule has 0 spiro atoms. The average molecular weight is 516 g/mol. The van der Waals surface area contributed by atoms with E-state index >= 15 is 0 Å². The van der Waals surface area contributed by atoms with Gasteiger partial charge < -0.3 is 24.8 Å². The lowest BCUT2D eigenvalue weighted by molar-refractivity contribution is 0.0875. The average Bonchev–Trinajstić information content (AvgIpc) is 3.02. The summed E-state index contributed by atoms with van der Waals surface area (Å²) in [6.45, 7) is 5.28. The minimum atomic E-state index is -0.255. The number of nitrogens with one attached hydrogen (secondary N) is 2. The molecule has 2 fully saturated rings. The standard InChI is InChI=1S/C28H38ClN3O4/c1-17-10-23-12-20(11-19-6-8-21(29)9-7-19)13-24(17)32(23)16-18(2)30-28(33)31-22-14-25(34-3)27(36-5)26(15-22)35-4/h6-9,14-15,17-18,20,23-24H,10-13,16H2,1-5H3,(H2,30,31,33)/t17?,18-,20?,23?,24?/m1/s1. The third kappa shape index (κ3) is 6.01. The van der Waals surface area contributed by atoms with E-state index in [9.17, 15) is 4.79 Å². The number of halogens is 1. The fourth-order valence-electron chi connectivity index (χ4n) is 6.05. The van der Waals surface area contributed by atoms with Crippen LogP contribution >= 0.6 is 11.6 Å². The van der Waals surface area contributed by atoms with Gasteiger partial charge in [0.25, 0.3) is 0 Å². The molecule has 2 heterocycles. The van der Waals surface area contributed by atoms with Crippen LogP contribution in [0.3, 0.4) is 0 Å². The van der Waals surface area contributed by atoms with Crippen molar-refractivity contribution in [3.63, 3.8) is 0 Å². The lowest BCUT2D eigenvalue weighted by Crippen LogP contribution is -2.51. The molecule has 2 N–H and O–H groups in total. The van der Waals surface area contributed by atoms with Crippen LogP contribution in [0, 0.1) is 11.8 Å². The SMILES string of the molecule is COc1cc(NC(=O)N[C@H](C)CN2C3CC(Cc4ccc(Cl)cc4)CC2C(C)C3)cc(OC)c1OC. The molecular weight excluding hydrogens is 478 g/mol. The van der Waals surface area contributed by atoms with Crippen molar-refractivity contribution in [2.45, 2.75) is 57.7 Å². The topological polar surface area (TPSA) is 72.1 Å². The van der Waals surface area contributed by atoms with E-state index in [4.69, 9.17) is 25.8 Å². The molecule has 0 radical (unpaired) electrons. The Morgan fingerprint density at radius 3 is 2.31 bits per heavy atom. The van der Waals surface area contributed by atoms with E-state index < -0.39 is 0 Å². The second-order valence-electron chi connectivity index (χ2n) is 10.2. The van der Waals surface area contributed by atoms with Crippen molar-refractivity contribution < 1.29 is 19.0 Å². The second-order valence-corrected chi connectivity index (χ2v) is 10.6. The van der Waals surface area contributed by atoms with Gasteiger partial charge in [-0.2, -0.15) is 0 Å². The van der Waals surface area contributed by atoms with Gasteiger partial charge >= 0.3 is 6.03 Å². The number of nitrogens with zero attached hydrogens (tertiary/aromatic N) is 1. The van der Waals surface area contributed by atoms with Crippen molar-refractivity contribution in [3.8, 4) is 17.2 Å². The molecule has 4 rings (SSSR count). The zero-order valence-electron chi connectivity index (χ0n) is 21.8. The minimum absolute atomic E-state index is 0.00940. The molecule has 8 heteroatoms. The maximum atomic E-state index is 12.8. The fourth-order valence-corrected chi connectivity index (χ4v) is 6.18. The summed E-state index contributed by atoms with van der Waals surface area (Å²) in [5.41, 5.74) is 1.94. The quantitative estimate of drug-likeness (QED) is 0.454. The van der Waals surface area contributed by atoms with Crippen LogP contribution in [-0.2, 0) is 6.42 Å². The Morgan fingerprint density at radius 1 is 1.06 bits per heavy atom. The number of ether oxygens (including phenoxy) is 3. The predicted octanol–water partition coefficient (Wildman–Crippen LogP) is 5.61. The molecule has 196 valence electrons. The van der Waals surface area contributed by atoms with E-state index in [1.165, 1.54) is 24.8 Å². The molecule has 2 aliphatic heterocycles. The molecule has 5 atom stereocenters. The monoisotopic (exact) mass is 515 g/mol. The molecule has 0 saturated carbocycles. The normalized spacial score (nSPS) is 24.2. The zero-order valence-corrected chi connectivity index (χ0v) is 22.6. The summed E-state index contributed by atoms with van der Waals surface area (Å²) in [5.74, 6) is 2.84. The number of methoxy groups -OCH3 is 3. The van der Waals surface area contributed by atoms with Crippen LogP contribution in [0.1, 0.15) is 38.7 Å². The van der Waals surface area contributed by atoms with Gasteiger partial charge in [-0.05, 0) is 62.1 Å². The summed E-state index contributed by atoms with van der Waals surface area (Å²) in [4.78, 5) is 15.4. The maximum Gasteiger partial charge on any atom is 0.319 e. The number of rotatable bonds is 9. The first-order valence-electron chi connectivity index (χ1n) is 12.7. The van der Waals surface area contributed by atoms with Crippen LogP contribution in [0.5, 0.6) is 17.2 Å². The van der Waals surface area contributed by atoms with E-state index in [-0.39, 0.29) is 12.1 Å². The molecular formula is C28H38ClN3O4. The van der Waals surface area contributed by atoms with Crippen LogP contribution in [0.15, 0.2) is 36.4 Å². The number of benzene rings is 2. The van der Waals surface area contributed by atoms with E-state index in [1.54, 1.807) is 33.5 Å². The summed E-state index contributed by atoms with van der Waals surface area (Å²) in [6, 6.07) is 12.6. The molecule has 2 aliphatic rings. The third-order valence-corrected chi connectivity index (χ3v) is 7.85. The summed E-state index contributed by atoms with van der Waals surface area (Å²) < 4.78 is 16.1. The first-order chi connectivity index (χ1) is 17.3. The molecule has 36 heavy (non-hydrogen) atoms. The van der Waals surface area contributed by atoms with Crippen LogP contribution in [-0.4, -0.2) is 56.9 Å². The van der Waals surface area contributed by atoms with Crippen LogP contribution in [0.25, 0.3) is 0 Å². The van der Waals surface area contributed by atoms with Crippen molar-refractivity contribution in [2.24, 2.45) is 11.8 Å². The Bertz CT molecular complexity index is 1020. The molecule has 7 nitrogen and oxygen atoms in total. The van der Waals surface area contributed by atoms with Crippen molar-refractivity contribution in [1.29, 1.82) is 0 Å². The Kier molecular flexibility index (Phi) is 8.52. The summed E-state index contributed by atoms with van der Waals surface area (Å²) in [7, 11) is 4.66. The number of urea groups is 1. The summed E-state index contributed by atoms with van der Waals surface area (Å²) >= 11 is 6.06. The Morgan fingerprint density at radius 2 is 1.72 bits per heavy atom. The second kappa shape index (κ2) is 11.6. The Balaban J connectivity index is 1.33. The number of hydrogen-bond donors (Lipinski definition) is 2. The molecule has 2 saturated heterocycles. The highest BCUT2D eigenvalue weighted by Crippen LogP contribution is 2.43. The van der Waals surface area contributed by atoms with Gasteiger partial charge in [-0.1, -0.05) is 30.7 Å². The van der Waals surface area contributed by atoms with Gasteiger partial charge in [0.15, 0.2) is 11.5 Å².